The number of aryl methyl sites for hydroxylation is 1. The molecule has 0 saturated carbocycles. The minimum Gasteiger partial charge on any atom is -0.441 e. The molecule has 138 valence electrons. The van der Waals surface area contributed by atoms with Gasteiger partial charge in [-0.3, -0.25) is 4.79 Å². The van der Waals surface area contributed by atoms with Gasteiger partial charge in [0.1, 0.15) is 9.53 Å². The molecule has 6 nitrogen and oxygen atoms in total. The van der Waals surface area contributed by atoms with Gasteiger partial charge in [-0.1, -0.05) is 11.3 Å². The average Bonchev–Trinajstić information content (AvgIpc) is 3.33. The van der Waals surface area contributed by atoms with E-state index in [-0.39, 0.29) is 5.91 Å². The maximum absolute atomic E-state index is 12.6. The first-order valence-electron chi connectivity index (χ1n) is 8.99. The lowest BCUT2D eigenvalue weighted by Crippen LogP contribution is -2.29. The van der Waals surface area contributed by atoms with E-state index in [0.29, 0.717) is 22.0 Å². The Balaban J connectivity index is 1.35. The highest BCUT2D eigenvalue weighted by Crippen LogP contribution is 2.36. The highest BCUT2D eigenvalue weighted by molar-refractivity contribution is 7.40. The van der Waals surface area contributed by atoms with Crippen molar-refractivity contribution in [2.75, 3.05) is 23.3 Å². The number of benzene rings is 1. The zero-order chi connectivity index (χ0) is 18.4. The molecule has 4 heterocycles. The number of rotatable bonds is 3. The molecule has 0 unspecified atom stereocenters. The van der Waals surface area contributed by atoms with Crippen LogP contribution in [0, 0.1) is 6.92 Å². The Kier molecular flexibility index (Phi) is 4.09. The van der Waals surface area contributed by atoms with Crippen molar-refractivity contribution >= 4 is 60.0 Å². The lowest BCUT2D eigenvalue weighted by atomic mass is 10.1. The second-order valence-electron chi connectivity index (χ2n) is 6.70. The van der Waals surface area contributed by atoms with E-state index in [2.05, 4.69) is 15.2 Å². The van der Waals surface area contributed by atoms with E-state index in [1.165, 1.54) is 30.6 Å². The number of nitrogens with zero attached hydrogens (tertiary/aromatic N) is 3. The van der Waals surface area contributed by atoms with Crippen molar-refractivity contribution in [1.29, 1.82) is 0 Å². The molecule has 0 atom stereocenters. The number of carbonyl (C=O) groups excluding carboxylic acids is 1. The summed E-state index contributed by atoms with van der Waals surface area (Å²) >= 11 is 3.18. The van der Waals surface area contributed by atoms with E-state index < -0.39 is 0 Å². The zero-order valence-electron chi connectivity index (χ0n) is 14.8. The molecule has 1 fully saturated rings. The van der Waals surface area contributed by atoms with Crippen molar-refractivity contribution in [2.24, 2.45) is 0 Å². The van der Waals surface area contributed by atoms with Gasteiger partial charge in [-0.2, -0.15) is 0 Å². The third kappa shape index (κ3) is 3.19. The van der Waals surface area contributed by atoms with Crippen molar-refractivity contribution in [3.63, 3.8) is 0 Å². The molecule has 4 aromatic rings. The third-order valence-corrected chi connectivity index (χ3v) is 7.03. The minimum atomic E-state index is -0.125. The Hall–Kier alpha value is -2.45. The van der Waals surface area contributed by atoms with Gasteiger partial charge in [0.05, 0.1) is 10.4 Å². The second kappa shape index (κ2) is 6.61. The van der Waals surface area contributed by atoms with Crippen LogP contribution in [-0.2, 0) is 0 Å². The molecule has 1 saturated heterocycles. The molecule has 3 aromatic heterocycles. The maximum Gasteiger partial charge on any atom is 0.265 e. The number of thiazole rings is 1. The lowest BCUT2D eigenvalue weighted by molar-refractivity contribution is 0.103. The van der Waals surface area contributed by atoms with Gasteiger partial charge in [-0.25, -0.2) is 9.97 Å². The fourth-order valence-corrected chi connectivity index (χ4v) is 5.58. The molecule has 5 rings (SSSR count). The molecule has 1 aliphatic rings. The lowest BCUT2D eigenvalue weighted by Gasteiger charge is -2.25. The number of nitrogens with one attached hydrogen (secondary N) is 1. The molecule has 0 spiro atoms. The van der Waals surface area contributed by atoms with Crippen molar-refractivity contribution in [3.05, 3.63) is 35.0 Å². The largest absolute Gasteiger partial charge is 0.441 e. The van der Waals surface area contributed by atoms with Crippen LogP contribution in [0.15, 0.2) is 28.7 Å². The van der Waals surface area contributed by atoms with Gasteiger partial charge in [0.25, 0.3) is 5.91 Å². The van der Waals surface area contributed by atoms with Crippen LogP contribution in [0.5, 0.6) is 0 Å². The number of piperidine rings is 1. The standard InChI is InChI=1S/C19H18N4O2S2/c1-11-20-13-6-5-12(9-15(13)25-11)21-17(24)16-10-14-18(26-16)27-19(22-14)23-7-3-2-4-8-23/h5-6,9-10H,2-4,7-8H2,1H3,(H,21,24). The SMILES string of the molecule is Cc1nc2ccc(NC(=O)c3cc4nc(N5CCCCC5)sc4s3)cc2o1. The molecule has 8 heteroatoms. The number of hydrogen-bond acceptors (Lipinski definition) is 7. The number of carbonyl (C=O) groups is 1. The number of fused-ring (bicyclic) bond motifs is 2. The van der Waals surface area contributed by atoms with Crippen LogP contribution >= 0.6 is 22.7 Å². The Morgan fingerprint density at radius 1 is 1.11 bits per heavy atom. The van der Waals surface area contributed by atoms with E-state index in [4.69, 9.17) is 9.40 Å². The van der Waals surface area contributed by atoms with Gasteiger partial charge in [-0.05, 0) is 37.5 Å². The van der Waals surface area contributed by atoms with Gasteiger partial charge in [-0.15, -0.1) is 11.3 Å². The molecule has 0 radical (unpaired) electrons. The van der Waals surface area contributed by atoms with Gasteiger partial charge < -0.3 is 14.6 Å². The normalized spacial score (nSPS) is 14.9. The first kappa shape index (κ1) is 16.7. The van der Waals surface area contributed by atoms with Crippen LogP contribution < -0.4 is 10.2 Å². The summed E-state index contributed by atoms with van der Waals surface area (Å²) in [5.74, 6) is 0.489. The van der Waals surface area contributed by atoms with E-state index in [9.17, 15) is 4.79 Å². The first-order chi connectivity index (χ1) is 13.2. The molecule has 1 N–H and O–H groups in total. The Bertz CT molecular complexity index is 1110. The molecular formula is C19H18N4O2S2. The number of oxazole rings is 1. The Labute approximate surface area is 163 Å². The van der Waals surface area contributed by atoms with Crippen molar-refractivity contribution in [3.8, 4) is 0 Å². The van der Waals surface area contributed by atoms with Crippen LogP contribution in [0.2, 0.25) is 0 Å². The van der Waals surface area contributed by atoms with Gasteiger partial charge in [0.2, 0.25) is 0 Å². The summed E-state index contributed by atoms with van der Waals surface area (Å²) in [4.78, 5) is 24.7. The Morgan fingerprint density at radius 2 is 1.96 bits per heavy atom. The van der Waals surface area contributed by atoms with Gasteiger partial charge in [0, 0.05) is 31.8 Å². The van der Waals surface area contributed by atoms with Crippen molar-refractivity contribution in [1.82, 2.24) is 9.97 Å². The average molecular weight is 399 g/mol. The first-order valence-corrected chi connectivity index (χ1v) is 10.6. The quantitative estimate of drug-likeness (QED) is 0.523. The summed E-state index contributed by atoms with van der Waals surface area (Å²) < 4.78 is 6.63. The molecule has 1 amide bonds. The number of anilines is 2. The maximum atomic E-state index is 12.6. The highest BCUT2D eigenvalue weighted by atomic mass is 32.2. The zero-order valence-corrected chi connectivity index (χ0v) is 16.5. The number of amides is 1. The third-order valence-electron chi connectivity index (χ3n) is 4.68. The second-order valence-corrected chi connectivity index (χ2v) is 8.99. The predicted octanol–water partition coefficient (Wildman–Crippen LogP) is 5.05. The predicted molar refractivity (Wildman–Crippen MR) is 110 cm³/mol. The fourth-order valence-electron chi connectivity index (χ4n) is 3.37. The summed E-state index contributed by atoms with van der Waals surface area (Å²) in [7, 11) is 0. The van der Waals surface area contributed by atoms with E-state index in [0.717, 1.165) is 33.3 Å². The van der Waals surface area contributed by atoms with E-state index >= 15 is 0 Å². The van der Waals surface area contributed by atoms with Crippen LogP contribution in [-0.4, -0.2) is 29.0 Å². The molecule has 1 aromatic carbocycles. The van der Waals surface area contributed by atoms with Gasteiger partial charge in [0.15, 0.2) is 16.6 Å². The van der Waals surface area contributed by atoms with Crippen molar-refractivity contribution < 1.29 is 9.21 Å². The summed E-state index contributed by atoms with van der Waals surface area (Å²) in [6.07, 6.45) is 3.77. The summed E-state index contributed by atoms with van der Waals surface area (Å²) in [5.41, 5.74) is 3.07. The van der Waals surface area contributed by atoms with Crippen molar-refractivity contribution in [2.45, 2.75) is 26.2 Å². The Morgan fingerprint density at radius 3 is 2.78 bits per heavy atom. The van der Waals surface area contributed by atoms with E-state index in [1.807, 2.05) is 25.1 Å². The van der Waals surface area contributed by atoms with Gasteiger partial charge >= 0.3 is 0 Å². The number of aromatic nitrogens is 2. The summed E-state index contributed by atoms with van der Waals surface area (Å²) in [6.45, 7) is 3.97. The van der Waals surface area contributed by atoms with E-state index in [1.54, 1.807) is 17.4 Å². The molecular weight excluding hydrogens is 380 g/mol. The molecule has 0 aliphatic carbocycles. The summed E-state index contributed by atoms with van der Waals surface area (Å²) in [6, 6.07) is 7.37. The van der Waals surface area contributed by atoms with Crippen LogP contribution in [0.1, 0.15) is 34.8 Å². The van der Waals surface area contributed by atoms with Crippen LogP contribution in [0.25, 0.3) is 20.6 Å². The molecule has 1 aliphatic heterocycles. The monoisotopic (exact) mass is 398 g/mol. The number of hydrogen-bond donors (Lipinski definition) is 1. The topological polar surface area (TPSA) is 71.3 Å². The van der Waals surface area contributed by atoms with Crippen LogP contribution in [0.4, 0.5) is 10.8 Å². The fraction of sp³-hybridized carbons (Fsp3) is 0.316. The summed E-state index contributed by atoms with van der Waals surface area (Å²) in [5, 5.41) is 4.02. The molecule has 27 heavy (non-hydrogen) atoms. The van der Waals surface area contributed by atoms with Crippen LogP contribution in [0.3, 0.4) is 0 Å². The smallest absolute Gasteiger partial charge is 0.265 e. The molecule has 0 bridgehead atoms. The minimum absolute atomic E-state index is 0.125. The number of thiophene rings is 1. The highest BCUT2D eigenvalue weighted by Gasteiger charge is 2.19.